The van der Waals surface area contributed by atoms with Gasteiger partial charge in [-0.3, -0.25) is 11.3 Å². The third kappa shape index (κ3) is 4.86. The van der Waals surface area contributed by atoms with Crippen LogP contribution in [0.15, 0.2) is 42.5 Å². The highest BCUT2D eigenvalue weighted by molar-refractivity contribution is 6.30. The maximum absolute atomic E-state index is 13.7. The Hall–Kier alpha value is -1.33. The van der Waals surface area contributed by atoms with Gasteiger partial charge in [0.25, 0.3) is 0 Å². The summed E-state index contributed by atoms with van der Waals surface area (Å²) in [6, 6.07) is 11.3. The Bertz CT molecular complexity index is 593. The first-order valence-electron chi connectivity index (χ1n) is 6.37. The number of ether oxygens (including phenoxy) is 1. The van der Waals surface area contributed by atoms with E-state index in [1.54, 1.807) is 36.4 Å². The number of hydrogen-bond donors (Lipinski definition) is 2. The Kier molecular flexibility index (Phi) is 5.82. The van der Waals surface area contributed by atoms with E-state index in [4.69, 9.17) is 33.8 Å². The van der Waals surface area contributed by atoms with Gasteiger partial charge in [-0.1, -0.05) is 29.3 Å². The highest BCUT2D eigenvalue weighted by atomic mass is 35.5. The number of nitrogens with two attached hydrogens (primary N) is 1. The molecular formula is C15H15Cl2FN2O. The van der Waals surface area contributed by atoms with Crippen LogP contribution in [0, 0.1) is 5.82 Å². The summed E-state index contributed by atoms with van der Waals surface area (Å²) in [5, 5.41) is 1.00. The highest BCUT2D eigenvalue weighted by Gasteiger charge is 2.12. The lowest BCUT2D eigenvalue weighted by Gasteiger charge is -2.17. The zero-order valence-corrected chi connectivity index (χ0v) is 12.7. The molecule has 0 bridgehead atoms. The summed E-state index contributed by atoms with van der Waals surface area (Å²) in [4.78, 5) is 0. The molecule has 0 saturated carbocycles. The van der Waals surface area contributed by atoms with E-state index < -0.39 is 0 Å². The summed E-state index contributed by atoms with van der Waals surface area (Å²) >= 11 is 11.5. The average Bonchev–Trinajstić information content (AvgIpc) is 2.47. The van der Waals surface area contributed by atoms with E-state index in [2.05, 4.69) is 5.43 Å². The molecule has 2 aromatic rings. The van der Waals surface area contributed by atoms with Crippen LogP contribution in [-0.2, 0) is 6.42 Å². The molecule has 0 fully saturated rings. The summed E-state index contributed by atoms with van der Waals surface area (Å²) < 4.78 is 19.3. The summed E-state index contributed by atoms with van der Waals surface area (Å²) in [6.07, 6.45) is 0.396. The van der Waals surface area contributed by atoms with Gasteiger partial charge >= 0.3 is 0 Å². The van der Waals surface area contributed by atoms with Crippen LogP contribution in [0.5, 0.6) is 5.75 Å². The van der Waals surface area contributed by atoms with E-state index in [0.717, 1.165) is 0 Å². The van der Waals surface area contributed by atoms with Gasteiger partial charge in [0.1, 0.15) is 18.2 Å². The summed E-state index contributed by atoms with van der Waals surface area (Å²) in [5.41, 5.74) is 3.15. The van der Waals surface area contributed by atoms with E-state index >= 15 is 0 Å². The van der Waals surface area contributed by atoms with Crippen molar-refractivity contribution in [1.29, 1.82) is 0 Å². The Morgan fingerprint density at radius 1 is 1.10 bits per heavy atom. The van der Waals surface area contributed by atoms with Gasteiger partial charge in [0.2, 0.25) is 0 Å². The first-order valence-corrected chi connectivity index (χ1v) is 7.12. The smallest absolute Gasteiger partial charge is 0.127 e. The SMILES string of the molecule is NNC(COc1ccc(Cl)cc1)Cc1ccc(Cl)cc1F. The molecule has 112 valence electrons. The van der Waals surface area contributed by atoms with E-state index in [9.17, 15) is 4.39 Å². The summed E-state index contributed by atoms with van der Waals surface area (Å²) in [7, 11) is 0. The van der Waals surface area contributed by atoms with Crippen molar-refractivity contribution >= 4 is 23.2 Å². The van der Waals surface area contributed by atoms with Crippen LogP contribution in [0.2, 0.25) is 10.0 Å². The van der Waals surface area contributed by atoms with Crippen molar-refractivity contribution in [3.05, 3.63) is 63.9 Å². The van der Waals surface area contributed by atoms with Crippen LogP contribution in [0.3, 0.4) is 0 Å². The molecule has 2 aromatic carbocycles. The van der Waals surface area contributed by atoms with Crippen LogP contribution in [0.4, 0.5) is 4.39 Å². The quantitative estimate of drug-likeness (QED) is 0.629. The molecule has 2 rings (SSSR count). The van der Waals surface area contributed by atoms with E-state index in [1.807, 2.05) is 0 Å². The molecule has 1 atom stereocenters. The van der Waals surface area contributed by atoms with Crippen molar-refractivity contribution in [3.8, 4) is 5.75 Å². The van der Waals surface area contributed by atoms with Crippen molar-refractivity contribution in [2.75, 3.05) is 6.61 Å². The van der Waals surface area contributed by atoms with Gasteiger partial charge in [-0.25, -0.2) is 4.39 Å². The lowest BCUT2D eigenvalue weighted by molar-refractivity contribution is 0.263. The number of nitrogens with one attached hydrogen (secondary N) is 1. The molecule has 0 aliphatic carbocycles. The standard InChI is InChI=1S/C15H15Cl2FN2O/c16-11-3-5-14(6-4-11)21-9-13(20-19)7-10-1-2-12(17)8-15(10)18/h1-6,8,13,20H,7,9,19H2. The zero-order chi connectivity index (χ0) is 15.2. The first kappa shape index (κ1) is 16.0. The fourth-order valence-electron chi connectivity index (χ4n) is 1.85. The minimum Gasteiger partial charge on any atom is -0.492 e. The lowest BCUT2D eigenvalue weighted by Crippen LogP contribution is -2.41. The second-order valence-electron chi connectivity index (χ2n) is 4.57. The molecule has 0 aliphatic rings. The molecule has 0 amide bonds. The highest BCUT2D eigenvalue weighted by Crippen LogP contribution is 2.18. The second kappa shape index (κ2) is 7.61. The normalized spacial score (nSPS) is 12.2. The van der Waals surface area contributed by atoms with Crippen LogP contribution in [0.25, 0.3) is 0 Å². The monoisotopic (exact) mass is 328 g/mol. The molecular weight excluding hydrogens is 314 g/mol. The molecule has 6 heteroatoms. The van der Waals surface area contributed by atoms with Gasteiger partial charge in [-0.15, -0.1) is 0 Å². The van der Waals surface area contributed by atoms with E-state index in [-0.39, 0.29) is 11.9 Å². The fourth-order valence-corrected chi connectivity index (χ4v) is 2.13. The number of hydrogen-bond acceptors (Lipinski definition) is 3. The molecule has 21 heavy (non-hydrogen) atoms. The predicted molar refractivity (Wildman–Crippen MR) is 83.2 cm³/mol. The number of rotatable bonds is 6. The van der Waals surface area contributed by atoms with Gasteiger partial charge in [0.05, 0.1) is 6.04 Å². The molecule has 1 unspecified atom stereocenters. The average molecular weight is 329 g/mol. The van der Waals surface area contributed by atoms with Gasteiger partial charge in [-0.2, -0.15) is 0 Å². The van der Waals surface area contributed by atoms with Crippen LogP contribution < -0.4 is 16.0 Å². The topological polar surface area (TPSA) is 47.3 Å². The zero-order valence-electron chi connectivity index (χ0n) is 11.2. The van der Waals surface area contributed by atoms with Gasteiger partial charge in [0, 0.05) is 10.0 Å². The second-order valence-corrected chi connectivity index (χ2v) is 5.44. The first-order chi connectivity index (χ1) is 10.1. The Morgan fingerprint density at radius 2 is 1.76 bits per heavy atom. The maximum Gasteiger partial charge on any atom is 0.127 e. The van der Waals surface area contributed by atoms with Gasteiger partial charge < -0.3 is 4.74 Å². The van der Waals surface area contributed by atoms with Crippen molar-refractivity contribution in [3.63, 3.8) is 0 Å². The summed E-state index contributed by atoms with van der Waals surface area (Å²) in [5.74, 6) is 5.81. The van der Waals surface area contributed by atoms with Gasteiger partial charge in [0.15, 0.2) is 0 Å². The molecule has 0 radical (unpaired) electrons. The Labute approximate surface area is 132 Å². The molecule has 0 saturated heterocycles. The minimum absolute atomic E-state index is 0.226. The summed E-state index contributed by atoms with van der Waals surface area (Å²) in [6.45, 7) is 0.306. The van der Waals surface area contributed by atoms with Crippen LogP contribution >= 0.6 is 23.2 Å². The van der Waals surface area contributed by atoms with Crippen molar-refractivity contribution in [1.82, 2.24) is 5.43 Å². The van der Waals surface area contributed by atoms with Crippen LogP contribution in [-0.4, -0.2) is 12.6 Å². The number of halogens is 3. The maximum atomic E-state index is 13.7. The van der Waals surface area contributed by atoms with Crippen molar-refractivity contribution in [2.45, 2.75) is 12.5 Å². The molecule has 0 aliphatic heterocycles. The fraction of sp³-hybridized carbons (Fsp3) is 0.200. The van der Waals surface area contributed by atoms with Gasteiger partial charge in [-0.05, 0) is 48.4 Å². The predicted octanol–water partition coefficient (Wildman–Crippen LogP) is 3.59. The third-order valence-corrected chi connectivity index (χ3v) is 3.47. The molecule has 0 heterocycles. The molecule has 0 spiro atoms. The van der Waals surface area contributed by atoms with E-state index in [1.165, 1.54) is 6.07 Å². The minimum atomic E-state index is -0.353. The lowest BCUT2D eigenvalue weighted by atomic mass is 10.1. The molecule has 3 nitrogen and oxygen atoms in total. The van der Waals surface area contributed by atoms with E-state index in [0.29, 0.717) is 34.4 Å². The van der Waals surface area contributed by atoms with Crippen LogP contribution in [0.1, 0.15) is 5.56 Å². The number of benzene rings is 2. The van der Waals surface area contributed by atoms with Crippen molar-refractivity contribution in [2.24, 2.45) is 5.84 Å². The number of hydrazine groups is 1. The Balaban J connectivity index is 1.95. The molecule has 0 aromatic heterocycles. The Morgan fingerprint density at radius 3 is 2.38 bits per heavy atom. The third-order valence-electron chi connectivity index (χ3n) is 2.98. The van der Waals surface area contributed by atoms with Crippen molar-refractivity contribution < 1.29 is 9.13 Å². The molecule has 3 N–H and O–H groups in total. The largest absolute Gasteiger partial charge is 0.492 e.